The number of para-hydroxylation sites is 2. The zero-order valence-corrected chi connectivity index (χ0v) is 23.8. The molecule has 8 heteroatoms. The van der Waals surface area contributed by atoms with E-state index in [1.165, 1.54) is 23.1 Å². The third-order valence-electron chi connectivity index (χ3n) is 8.40. The fraction of sp³-hybridized carbons (Fsp3) is 0.206. The van der Waals surface area contributed by atoms with E-state index in [2.05, 4.69) is 10.6 Å². The van der Waals surface area contributed by atoms with Crippen molar-refractivity contribution in [2.24, 2.45) is 11.8 Å². The summed E-state index contributed by atoms with van der Waals surface area (Å²) in [6.45, 7) is 3.91. The van der Waals surface area contributed by atoms with Crippen molar-refractivity contribution in [1.29, 1.82) is 0 Å². The van der Waals surface area contributed by atoms with E-state index in [0.29, 0.717) is 21.8 Å². The summed E-state index contributed by atoms with van der Waals surface area (Å²) in [5, 5.41) is 6.20. The largest absolute Gasteiger partial charge is 0.323 e. The standard InChI is InChI=1S/C34H29ClFN3O3/c1-20(2)30-28(21-16-18-23(35)19-17-21)29(31(40)22-10-4-3-5-11-22)34(24-12-6-8-14-26(24)37-32(34)41)39(30)33(42)38-27-15-9-7-13-25(27)36/h3-20,28-30H,1-2H3,(H,37,41)(H,38,42). The van der Waals surface area contributed by atoms with Gasteiger partial charge in [-0.05, 0) is 41.8 Å². The summed E-state index contributed by atoms with van der Waals surface area (Å²) in [7, 11) is 0. The highest BCUT2D eigenvalue weighted by atomic mass is 35.5. The number of benzene rings is 4. The van der Waals surface area contributed by atoms with Crippen LogP contribution < -0.4 is 10.6 Å². The molecule has 4 atom stereocenters. The van der Waals surface area contributed by atoms with Crippen molar-refractivity contribution in [2.45, 2.75) is 31.3 Å². The number of carbonyl (C=O) groups is 3. The molecule has 0 radical (unpaired) electrons. The number of urea groups is 1. The molecule has 2 aliphatic heterocycles. The normalized spacial score (nSPS) is 22.7. The van der Waals surface area contributed by atoms with Crippen LogP contribution >= 0.6 is 11.6 Å². The molecule has 0 aliphatic carbocycles. The van der Waals surface area contributed by atoms with Crippen LogP contribution in [0.3, 0.4) is 0 Å². The predicted molar refractivity (Wildman–Crippen MR) is 161 cm³/mol. The Morgan fingerprint density at radius 3 is 2.24 bits per heavy atom. The summed E-state index contributed by atoms with van der Waals surface area (Å²) >= 11 is 6.27. The summed E-state index contributed by atoms with van der Waals surface area (Å²) in [6.07, 6.45) is 0. The number of likely N-dealkylation sites (tertiary alicyclic amines) is 1. The van der Waals surface area contributed by atoms with E-state index in [4.69, 9.17) is 11.6 Å². The number of anilines is 2. The maximum absolute atomic E-state index is 14.8. The number of fused-ring (bicyclic) bond motifs is 2. The zero-order chi connectivity index (χ0) is 29.6. The molecule has 1 saturated heterocycles. The van der Waals surface area contributed by atoms with Crippen molar-refractivity contribution < 1.29 is 18.8 Å². The van der Waals surface area contributed by atoms with Gasteiger partial charge in [-0.15, -0.1) is 0 Å². The lowest BCUT2D eigenvalue weighted by molar-refractivity contribution is -0.126. The Hall–Kier alpha value is -4.49. The Labute approximate surface area is 248 Å². The van der Waals surface area contributed by atoms with Crippen molar-refractivity contribution in [3.8, 4) is 0 Å². The highest BCUT2D eigenvalue weighted by Crippen LogP contribution is 2.60. The van der Waals surface area contributed by atoms with Gasteiger partial charge in [0, 0.05) is 33.8 Å². The number of amides is 3. The average molecular weight is 582 g/mol. The predicted octanol–water partition coefficient (Wildman–Crippen LogP) is 7.48. The van der Waals surface area contributed by atoms with Gasteiger partial charge >= 0.3 is 6.03 Å². The summed E-state index contributed by atoms with van der Waals surface area (Å²) in [5.74, 6) is -3.18. The molecule has 1 spiro atoms. The molecule has 1 fully saturated rings. The van der Waals surface area contributed by atoms with Crippen LogP contribution in [0.2, 0.25) is 5.02 Å². The van der Waals surface area contributed by atoms with E-state index in [-0.39, 0.29) is 17.4 Å². The van der Waals surface area contributed by atoms with Crippen LogP contribution in [0.15, 0.2) is 103 Å². The Kier molecular flexibility index (Phi) is 7.07. The average Bonchev–Trinajstić information content (AvgIpc) is 3.47. The summed E-state index contributed by atoms with van der Waals surface area (Å²) in [4.78, 5) is 45.2. The van der Waals surface area contributed by atoms with E-state index in [1.807, 2.05) is 32.0 Å². The molecule has 2 aliphatic rings. The second-order valence-electron chi connectivity index (χ2n) is 11.1. The maximum Gasteiger partial charge on any atom is 0.323 e. The minimum atomic E-state index is -1.72. The zero-order valence-electron chi connectivity index (χ0n) is 23.1. The number of nitrogens with zero attached hydrogens (tertiary/aromatic N) is 1. The third kappa shape index (κ3) is 4.27. The van der Waals surface area contributed by atoms with Gasteiger partial charge in [0.15, 0.2) is 11.3 Å². The Balaban J connectivity index is 1.65. The van der Waals surface area contributed by atoms with E-state index in [1.54, 1.807) is 66.7 Å². The molecule has 6 rings (SSSR count). The van der Waals surface area contributed by atoms with E-state index in [0.717, 1.165) is 5.56 Å². The van der Waals surface area contributed by atoms with Gasteiger partial charge in [0.1, 0.15) is 5.82 Å². The maximum atomic E-state index is 14.8. The van der Waals surface area contributed by atoms with Crippen LogP contribution in [0.4, 0.5) is 20.6 Å². The van der Waals surface area contributed by atoms with Gasteiger partial charge in [-0.1, -0.05) is 98.2 Å². The smallest absolute Gasteiger partial charge is 0.323 e. The highest BCUT2D eigenvalue weighted by molar-refractivity contribution is 6.30. The van der Waals surface area contributed by atoms with E-state index < -0.39 is 41.2 Å². The molecule has 2 heterocycles. The summed E-state index contributed by atoms with van der Waals surface area (Å²) < 4.78 is 14.8. The number of Topliss-reactive ketones (excluding diaryl/α,β-unsaturated/α-hetero) is 1. The van der Waals surface area contributed by atoms with E-state index >= 15 is 0 Å². The molecule has 212 valence electrons. The lowest BCUT2D eigenvalue weighted by Crippen LogP contribution is -2.58. The molecule has 2 N–H and O–H groups in total. The number of rotatable bonds is 5. The van der Waals surface area contributed by atoms with Crippen molar-refractivity contribution in [3.05, 3.63) is 131 Å². The number of hydrogen-bond acceptors (Lipinski definition) is 3. The number of ketones is 1. The molecule has 4 aromatic rings. The van der Waals surface area contributed by atoms with Gasteiger partial charge in [0.25, 0.3) is 5.91 Å². The monoisotopic (exact) mass is 581 g/mol. The first-order valence-corrected chi connectivity index (χ1v) is 14.2. The van der Waals surface area contributed by atoms with Crippen molar-refractivity contribution in [1.82, 2.24) is 4.90 Å². The lowest BCUT2D eigenvalue weighted by Gasteiger charge is -2.40. The van der Waals surface area contributed by atoms with Gasteiger partial charge in [-0.3, -0.25) is 9.59 Å². The fourth-order valence-corrected chi connectivity index (χ4v) is 6.90. The molecular formula is C34H29ClFN3O3. The second kappa shape index (κ2) is 10.7. The third-order valence-corrected chi connectivity index (χ3v) is 8.65. The first-order chi connectivity index (χ1) is 20.2. The summed E-state index contributed by atoms with van der Waals surface area (Å²) in [5.41, 5.74) is 0.499. The molecule has 0 bridgehead atoms. The van der Waals surface area contributed by atoms with Crippen molar-refractivity contribution in [2.75, 3.05) is 10.6 Å². The number of nitrogens with one attached hydrogen (secondary N) is 2. The molecule has 42 heavy (non-hydrogen) atoms. The molecule has 3 amide bonds. The van der Waals surface area contributed by atoms with Crippen LogP contribution in [0.25, 0.3) is 0 Å². The van der Waals surface area contributed by atoms with Crippen LogP contribution in [0.1, 0.15) is 41.3 Å². The molecule has 4 aromatic carbocycles. The van der Waals surface area contributed by atoms with Crippen LogP contribution in [-0.2, 0) is 10.3 Å². The Morgan fingerprint density at radius 1 is 0.905 bits per heavy atom. The molecule has 4 unspecified atom stereocenters. The number of hydrogen-bond donors (Lipinski definition) is 2. The van der Waals surface area contributed by atoms with Gasteiger partial charge in [-0.2, -0.15) is 0 Å². The van der Waals surface area contributed by atoms with E-state index in [9.17, 15) is 18.8 Å². The van der Waals surface area contributed by atoms with Gasteiger partial charge < -0.3 is 15.5 Å². The number of halogens is 2. The summed E-state index contributed by atoms with van der Waals surface area (Å²) in [6, 6.07) is 27.7. The van der Waals surface area contributed by atoms with Gasteiger partial charge in [0.2, 0.25) is 0 Å². The lowest BCUT2D eigenvalue weighted by atomic mass is 9.68. The van der Waals surface area contributed by atoms with Crippen LogP contribution in [-0.4, -0.2) is 28.7 Å². The molecule has 6 nitrogen and oxygen atoms in total. The van der Waals surface area contributed by atoms with Crippen LogP contribution in [0.5, 0.6) is 0 Å². The van der Waals surface area contributed by atoms with Gasteiger partial charge in [0.05, 0.1) is 11.6 Å². The first-order valence-electron chi connectivity index (χ1n) is 13.9. The second-order valence-corrected chi connectivity index (χ2v) is 11.5. The fourth-order valence-electron chi connectivity index (χ4n) is 6.77. The van der Waals surface area contributed by atoms with Crippen LogP contribution in [0, 0.1) is 17.7 Å². The molecule has 0 aromatic heterocycles. The topological polar surface area (TPSA) is 78.5 Å². The minimum absolute atomic E-state index is 0.0206. The quantitative estimate of drug-likeness (QED) is 0.240. The van der Waals surface area contributed by atoms with Crippen molar-refractivity contribution in [3.63, 3.8) is 0 Å². The molecule has 0 saturated carbocycles. The highest BCUT2D eigenvalue weighted by Gasteiger charge is 2.70. The van der Waals surface area contributed by atoms with Crippen molar-refractivity contribution >= 4 is 40.7 Å². The number of carbonyl (C=O) groups excluding carboxylic acids is 3. The SMILES string of the molecule is CC(C)C1C(c2ccc(Cl)cc2)C(C(=O)c2ccccc2)C2(C(=O)Nc3ccccc32)N1C(=O)Nc1ccccc1F. The minimum Gasteiger partial charge on any atom is -0.323 e. The Bertz CT molecular complexity index is 1680. The Morgan fingerprint density at radius 2 is 1.55 bits per heavy atom. The first kappa shape index (κ1) is 27.7. The van der Waals surface area contributed by atoms with Gasteiger partial charge in [-0.25, -0.2) is 9.18 Å². The molecular weight excluding hydrogens is 553 g/mol.